The molecule has 7 heteroatoms. The fourth-order valence-corrected chi connectivity index (χ4v) is 3.83. The molecule has 3 nitrogen and oxygen atoms in total. The van der Waals surface area contributed by atoms with E-state index in [0.717, 1.165) is 12.1 Å². The van der Waals surface area contributed by atoms with Crippen LogP contribution in [0, 0.1) is 17.0 Å². The van der Waals surface area contributed by atoms with Crippen molar-refractivity contribution in [1.29, 1.82) is 0 Å². The van der Waals surface area contributed by atoms with E-state index in [-0.39, 0.29) is 12.4 Å². The second-order valence-corrected chi connectivity index (χ2v) is 7.51. The van der Waals surface area contributed by atoms with Gasteiger partial charge in [0.1, 0.15) is 0 Å². The summed E-state index contributed by atoms with van der Waals surface area (Å²) in [5, 5.41) is 0. The van der Waals surface area contributed by atoms with E-state index in [2.05, 4.69) is 0 Å². The summed E-state index contributed by atoms with van der Waals surface area (Å²) in [6, 6.07) is 3.39. The van der Waals surface area contributed by atoms with Crippen LogP contribution in [0.1, 0.15) is 26.7 Å². The summed E-state index contributed by atoms with van der Waals surface area (Å²) in [6.45, 7) is 3.45. The largest absolute Gasteiger partial charge is 0.487 e. The predicted octanol–water partition coefficient (Wildman–Crippen LogP) is 3.72. The van der Waals surface area contributed by atoms with Crippen LogP contribution >= 0.6 is 10.7 Å². The Bertz CT molecular complexity index is 536. The van der Waals surface area contributed by atoms with Gasteiger partial charge in [0.05, 0.1) is 12.4 Å². The van der Waals surface area contributed by atoms with Gasteiger partial charge in [-0.1, -0.05) is 19.9 Å². The summed E-state index contributed by atoms with van der Waals surface area (Å²) in [4.78, 5) is 0. The maximum absolute atomic E-state index is 13.5. The molecular formula is C13H17ClF2O3S. The van der Waals surface area contributed by atoms with Crippen LogP contribution in [-0.2, 0) is 9.05 Å². The molecule has 0 N–H and O–H groups in total. The molecule has 20 heavy (non-hydrogen) atoms. The normalized spacial score (nSPS) is 12.4. The van der Waals surface area contributed by atoms with E-state index < -0.39 is 31.8 Å². The third-order valence-electron chi connectivity index (χ3n) is 3.42. The van der Waals surface area contributed by atoms with Crippen LogP contribution in [0.5, 0.6) is 5.75 Å². The van der Waals surface area contributed by atoms with Crippen molar-refractivity contribution in [3.05, 3.63) is 29.8 Å². The summed E-state index contributed by atoms with van der Waals surface area (Å²) < 4.78 is 54.7. The molecule has 1 aromatic carbocycles. The molecule has 1 aromatic rings. The molecule has 114 valence electrons. The van der Waals surface area contributed by atoms with Crippen molar-refractivity contribution in [2.75, 3.05) is 12.4 Å². The Morgan fingerprint density at radius 1 is 1.20 bits per heavy atom. The zero-order valence-electron chi connectivity index (χ0n) is 11.3. The molecule has 0 heterocycles. The highest BCUT2D eigenvalue weighted by atomic mass is 35.7. The number of hydrogen-bond donors (Lipinski definition) is 0. The van der Waals surface area contributed by atoms with E-state index in [1.165, 1.54) is 6.07 Å². The van der Waals surface area contributed by atoms with Crippen molar-refractivity contribution in [3.63, 3.8) is 0 Å². The van der Waals surface area contributed by atoms with E-state index in [1.54, 1.807) is 13.8 Å². The Kier molecular flexibility index (Phi) is 5.77. The molecule has 0 radical (unpaired) electrons. The van der Waals surface area contributed by atoms with Crippen molar-refractivity contribution in [1.82, 2.24) is 0 Å². The Labute approximate surface area is 122 Å². The van der Waals surface area contributed by atoms with Crippen molar-refractivity contribution in [2.45, 2.75) is 26.7 Å². The van der Waals surface area contributed by atoms with Crippen LogP contribution in [0.25, 0.3) is 0 Å². The van der Waals surface area contributed by atoms with Gasteiger partial charge in [0.25, 0.3) is 0 Å². The van der Waals surface area contributed by atoms with Gasteiger partial charge in [-0.3, -0.25) is 0 Å². The Morgan fingerprint density at radius 3 is 2.10 bits per heavy atom. The van der Waals surface area contributed by atoms with Crippen molar-refractivity contribution >= 4 is 19.7 Å². The molecule has 0 aliphatic heterocycles. The first-order valence-electron chi connectivity index (χ1n) is 6.22. The van der Waals surface area contributed by atoms with Crippen LogP contribution in [0.3, 0.4) is 0 Å². The zero-order valence-corrected chi connectivity index (χ0v) is 12.9. The van der Waals surface area contributed by atoms with E-state index in [1.807, 2.05) is 0 Å². The molecule has 0 fully saturated rings. The molecule has 0 spiro atoms. The third kappa shape index (κ3) is 4.59. The highest BCUT2D eigenvalue weighted by molar-refractivity contribution is 8.13. The minimum Gasteiger partial charge on any atom is -0.487 e. The van der Waals surface area contributed by atoms with Gasteiger partial charge in [-0.2, -0.15) is 0 Å². The second-order valence-electron chi connectivity index (χ2n) is 4.73. The number of benzene rings is 1. The molecule has 0 saturated heterocycles. The SMILES string of the molecule is CCC(CC)(COc1c(F)cccc1F)CS(=O)(=O)Cl. The highest BCUT2D eigenvalue weighted by Crippen LogP contribution is 2.32. The molecule has 0 unspecified atom stereocenters. The van der Waals surface area contributed by atoms with Crippen LogP contribution in [0.4, 0.5) is 8.78 Å². The first-order valence-corrected chi connectivity index (χ1v) is 8.70. The standard InChI is InChI=1S/C13H17ClF2O3S/c1-3-13(4-2,9-20(14,17)18)8-19-12-10(15)6-5-7-11(12)16/h5-7H,3-4,8-9H2,1-2H3. The van der Waals surface area contributed by atoms with Gasteiger partial charge < -0.3 is 4.74 Å². The molecule has 0 saturated carbocycles. The average molecular weight is 327 g/mol. The van der Waals surface area contributed by atoms with Gasteiger partial charge >= 0.3 is 0 Å². The maximum atomic E-state index is 13.5. The van der Waals surface area contributed by atoms with Gasteiger partial charge in [-0.25, -0.2) is 17.2 Å². The van der Waals surface area contributed by atoms with Gasteiger partial charge in [0.15, 0.2) is 17.4 Å². The fourth-order valence-electron chi connectivity index (χ4n) is 1.91. The van der Waals surface area contributed by atoms with Crippen LogP contribution in [0.15, 0.2) is 18.2 Å². The molecule has 0 aliphatic rings. The molecule has 0 amide bonds. The number of hydrogen-bond acceptors (Lipinski definition) is 3. The molecule has 0 bridgehead atoms. The van der Waals surface area contributed by atoms with Gasteiger partial charge in [-0.15, -0.1) is 0 Å². The smallest absolute Gasteiger partial charge is 0.233 e. The van der Waals surface area contributed by atoms with Crippen LogP contribution in [-0.4, -0.2) is 20.8 Å². The second kappa shape index (κ2) is 6.72. The number of halogens is 3. The molecule has 0 aliphatic carbocycles. The summed E-state index contributed by atoms with van der Waals surface area (Å²) in [6.07, 6.45) is 0.928. The van der Waals surface area contributed by atoms with E-state index in [0.29, 0.717) is 12.8 Å². The Balaban J connectivity index is 2.93. The number of ether oxygens (including phenoxy) is 1. The predicted molar refractivity (Wildman–Crippen MR) is 74.5 cm³/mol. The minimum absolute atomic E-state index is 0.121. The lowest BCUT2D eigenvalue weighted by Gasteiger charge is -2.30. The molecular weight excluding hydrogens is 310 g/mol. The lowest BCUT2D eigenvalue weighted by atomic mass is 9.85. The quantitative estimate of drug-likeness (QED) is 0.717. The number of para-hydroxylation sites is 1. The van der Waals surface area contributed by atoms with Gasteiger partial charge in [-0.05, 0) is 25.0 Å². The topological polar surface area (TPSA) is 43.4 Å². The molecule has 1 rings (SSSR count). The number of rotatable bonds is 7. The fraction of sp³-hybridized carbons (Fsp3) is 0.538. The van der Waals surface area contributed by atoms with Crippen molar-refractivity contribution in [2.24, 2.45) is 5.41 Å². The van der Waals surface area contributed by atoms with Crippen LogP contribution in [0.2, 0.25) is 0 Å². The monoisotopic (exact) mass is 326 g/mol. The first kappa shape index (κ1) is 17.2. The highest BCUT2D eigenvalue weighted by Gasteiger charge is 2.33. The lowest BCUT2D eigenvalue weighted by Crippen LogP contribution is -2.34. The lowest BCUT2D eigenvalue weighted by molar-refractivity contribution is 0.145. The van der Waals surface area contributed by atoms with Crippen molar-refractivity contribution in [3.8, 4) is 5.75 Å². The van der Waals surface area contributed by atoms with E-state index in [4.69, 9.17) is 15.4 Å². The Hall–Kier alpha value is -0.880. The van der Waals surface area contributed by atoms with Gasteiger partial charge in [0, 0.05) is 16.1 Å². The summed E-state index contributed by atoms with van der Waals surface area (Å²) in [5.41, 5.74) is -0.769. The third-order valence-corrected chi connectivity index (χ3v) is 4.70. The van der Waals surface area contributed by atoms with Crippen molar-refractivity contribution < 1.29 is 21.9 Å². The summed E-state index contributed by atoms with van der Waals surface area (Å²) in [7, 11) is 1.56. The summed E-state index contributed by atoms with van der Waals surface area (Å²) in [5.74, 6) is -2.43. The molecule has 0 aromatic heterocycles. The van der Waals surface area contributed by atoms with Gasteiger partial charge in [0.2, 0.25) is 9.05 Å². The first-order chi connectivity index (χ1) is 9.23. The minimum atomic E-state index is -3.73. The summed E-state index contributed by atoms with van der Waals surface area (Å²) >= 11 is 0. The average Bonchev–Trinajstić information content (AvgIpc) is 2.35. The van der Waals surface area contributed by atoms with Crippen LogP contribution < -0.4 is 4.74 Å². The zero-order chi connectivity index (χ0) is 15.4. The molecule has 0 atom stereocenters. The van der Waals surface area contributed by atoms with E-state index >= 15 is 0 Å². The maximum Gasteiger partial charge on any atom is 0.233 e. The van der Waals surface area contributed by atoms with E-state index in [9.17, 15) is 17.2 Å². The Morgan fingerprint density at radius 2 is 1.70 bits per heavy atom.